The molecule has 0 aliphatic carbocycles. The highest BCUT2D eigenvalue weighted by atomic mass is 16.5. The molecule has 1 aliphatic rings. The number of fused-ring (bicyclic) bond motifs is 1. The van der Waals surface area contributed by atoms with Gasteiger partial charge in [0.1, 0.15) is 5.78 Å². The fourth-order valence-electron chi connectivity index (χ4n) is 2.79. The molecule has 3 heteroatoms. The average molecular weight is 281 g/mol. The third kappa shape index (κ3) is 3.56. The van der Waals surface area contributed by atoms with Crippen molar-refractivity contribution in [2.45, 2.75) is 31.8 Å². The number of aryl methyl sites for hydroxylation is 1. The lowest BCUT2D eigenvalue weighted by atomic mass is 9.93. The molecular weight excluding hydrogens is 262 g/mol. The second-order valence-electron chi connectivity index (χ2n) is 5.41. The first kappa shape index (κ1) is 14.0. The van der Waals surface area contributed by atoms with Gasteiger partial charge in [0.15, 0.2) is 0 Å². The summed E-state index contributed by atoms with van der Waals surface area (Å²) in [6, 6.07) is 12.2. The molecule has 0 N–H and O–H groups in total. The molecule has 1 atom stereocenters. The molecule has 0 amide bonds. The summed E-state index contributed by atoms with van der Waals surface area (Å²) >= 11 is 0. The van der Waals surface area contributed by atoms with E-state index in [0.29, 0.717) is 19.4 Å². The third-order valence-corrected chi connectivity index (χ3v) is 3.95. The van der Waals surface area contributed by atoms with Gasteiger partial charge in [-0.1, -0.05) is 24.3 Å². The number of carbonyl (C=O) groups is 1. The summed E-state index contributed by atoms with van der Waals surface area (Å²) < 4.78 is 5.80. The van der Waals surface area contributed by atoms with Crippen molar-refractivity contribution in [3.8, 4) is 0 Å². The van der Waals surface area contributed by atoms with Crippen molar-refractivity contribution < 1.29 is 9.53 Å². The Labute approximate surface area is 125 Å². The van der Waals surface area contributed by atoms with Gasteiger partial charge in [0.25, 0.3) is 0 Å². The van der Waals surface area contributed by atoms with Crippen molar-refractivity contribution in [1.29, 1.82) is 0 Å². The normalized spacial score (nSPS) is 17.2. The van der Waals surface area contributed by atoms with E-state index in [1.54, 1.807) is 12.4 Å². The maximum atomic E-state index is 12.2. The quantitative estimate of drug-likeness (QED) is 0.844. The van der Waals surface area contributed by atoms with Crippen LogP contribution in [0.4, 0.5) is 0 Å². The largest absolute Gasteiger partial charge is 0.373 e. The molecule has 1 aromatic heterocycles. The molecule has 1 unspecified atom stereocenters. The van der Waals surface area contributed by atoms with Gasteiger partial charge in [0.05, 0.1) is 12.7 Å². The maximum Gasteiger partial charge on any atom is 0.136 e. The van der Waals surface area contributed by atoms with Crippen LogP contribution in [0.3, 0.4) is 0 Å². The number of Topliss-reactive ketones (excluding diaryl/α,β-unsaturated/α-hetero) is 1. The van der Waals surface area contributed by atoms with Crippen LogP contribution in [0.1, 0.15) is 35.6 Å². The molecule has 21 heavy (non-hydrogen) atoms. The summed E-state index contributed by atoms with van der Waals surface area (Å²) in [4.78, 5) is 16.2. The predicted octanol–water partition coefficient (Wildman–Crippen LogP) is 3.29. The highest BCUT2D eigenvalue weighted by Crippen LogP contribution is 2.30. The van der Waals surface area contributed by atoms with E-state index in [2.05, 4.69) is 17.1 Å². The molecule has 2 aromatic rings. The summed E-state index contributed by atoms with van der Waals surface area (Å²) in [6.07, 6.45) is 6.21. The molecule has 108 valence electrons. The van der Waals surface area contributed by atoms with Gasteiger partial charge < -0.3 is 4.74 Å². The number of pyridine rings is 1. The fourth-order valence-corrected chi connectivity index (χ4v) is 2.79. The van der Waals surface area contributed by atoms with Gasteiger partial charge in [-0.05, 0) is 41.7 Å². The third-order valence-electron chi connectivity index (χ3n) is 3.95. The average Bonchev–Trinajstić information content (AvgIpc) is 2.54. The molecule has 2 heterocycles. The van der Waals surface area contributed by atoms with E-state index in [-0.39, 0.29) is 11.9 Å². The Balaban J connectivity index is 1.58. The number of aromatic nitrogens is 1. The van der Waals surface area contributed by atoms with Gasteiger partial charge in [-0.25, -0.2) is 0 Å². The van der Waals surface area contributed by atoms with Gasteiger partial charge in [-0.2, -0.15) is 0 Å². The smallest absolute Gasteiger partial charge is 0.136 e. The molecule has 0 spiro atoms. The maximum absolute atomic E-state index is 12.2. The monoisotopic (exact) mass is 281 g/mol. The van der Waals surface area contributed by atoms with Crippen molar-refractivity contribution in [3.05, 3.63) is 65.5 Å². The van der Waals surface area contributed by atoms with Gasteiger partial charge >= 0.3 is 0 Å². The summed E-state index contributed by atoms with van der Waals surface area (Å²) in [5.41, 5.74) is 3.65. The zero-order valence-electron chi connectivity index (χ0n) is 12.0. The Morgan fingerprint density at radius 1 is 1.19 bits per heavy atom. The Morgan fingerprint density at radius 2 is 2.00 bits per heavy atom. The predicted molar refractivity (Wildman–Crippen MR) is 81.0 cm³/mol. The van der Waals surface area contributed by atoms with E-state index in [9.17, 15) is 4.79 Å². The highest BCUT2D eigenvalue weighted by molar-refractivity contribution is 5.79. The van der Waals surface area contributed by atoms with Crippen LogP contribution >= 0.6 is 0 Å². The first-order valence-corrected chi connectivity index (χ1v) is 7.43. The van der Waals surface area contributed by atoms with Crippen LogP contribution in [-0.2, 0) is 22.4 Å². The molecular formula is C18H19NO2. The van der Waals surface area contributed by atoms with E-state index in [1.165, 1.54) is 11.1 Å². The van der Waals surface area contributed by atoms with Crippen molar-refractivity contribution in [2.24, 2.45) is 0 Å². The van der Waals surface area contributed by atoms with Gasteiger partial charge in [0.2, 0.25) is 0 Å². The summed E-state index contributed by atoms with van der Waals surface area (Å²) in [6.45, 7) is 0.708. The van der Waals surface area contributed by atoms with Crippen LogP contribution < -0.4 is 0 Å². The zero-order chi connectivity index (χ0) is 14.5. The van der Waals surface area contributed by atoms with Crippen LogP contribution in [0.2, 0.25) is 0 Å². The number of rotatable bonds is 5. The van der Waals surface area contributed by atoms with Gasteiger partial charge in [-0.3, -0.25) is 9.78 Å². The van der Waals surface area contributed by atoms with Crippen molar-refractivity contribution >= 4 is 5.78 Å². The lowest BCUT2D eigenvalue weighted by Crippen LogP contribution is -2.19. The SMILES string of the molecule is O=C(CCc1ccncc1)CC1OCCc2ccccc21. The fraction of sp³-hybridized carbons (Fsp3) is 0.333. The number of nitrogens with zero attached hydrogens (tertiary/aromatic N) is 1. The summed E-state index contributed by atoms with van der Waals surface area (Å²) in [7, 11) is 0. The van der Waals surface area contributed by atoms with Crippen LogP contribution in [-0.4, -0.2) is 17.4 Å². The Hall–Kier alpha value is -2.00. The first-order chi connectivity index (χ1) is 10.3. The van der Waals surface area contributed by atoms with Crippen molar-refractivity contribution in [1.82, 2.24) is 4.98 Å². The number of carbonyl (C=O) groups excluding carboxylic acids is 1. The Morgan fingerprint density at radius 3 is 2.86 bits per heavy atom. The second kappa shape index (κ2) is 6.64. The van der Waals surface area contributed by atoms with Gasteiger partial charge in [-0.15, -0.1) is 0 Å². The number of ether oxygens (including phenoxy) is 1. The molecule has 1 aromatic carbocycles. The van der Waals surface area contributed by atoms with E-state index < -0.39 is 0 Å². The second-order valence-corrected chi connectivity index (χ2v) is 5.41. The number of ketones is 1. The van der Waals surface area contributed by atoms with Crippen LogP contribution in [0.15, 0.2) is 48.8 Å². The van der Waals surface area contributed by atoms with Gasteiger partial charge in [0, 0.05) is 25.2 Å². The van der Waals surface area contributed by atoms with E-state index in [1.807, 2.05) is 24.3 Å². The van der Waals surface area contributed by atoms with E-state index in [0.717, 1.165) is 18.4 Å². The Bertz CT molecular complexity index is 610. The summed E-state index contributed by atoms with van der Waals surface area (Å²) in [5, 5.41) is 0. The molecule has 3 nitrogen and oxygen atoms in total. The topological polar surface area (TPSA) is 39.2 Å². The first-order valence-electron chi connectivity index (χ1n) is 7.43. The van der Waals surface area contributed by atoms with Crippen molar-refractivity contribution in [3.63, 3.8) is 0 Å². The number of hydrogen-bond donors (Lipinski definition) is 0. The molecule has 1 aliphatic heterocycles. The molecule has 0 radical (unpaired) electrons. The lowest BCUT2D eigenvalue weighted by molar-refractivity contribution is -0.122. The zero-order valence-corrected chi connectivity index (χ0v) is 12.0. The van der Waals surface area contributed by atoms with E-state index in [4.69, 9.17) is 4.74 Å². The van der Waals surface area contributed by atoms with Crippen LogP contribution in [0, 0.1) is 0 Å². The van der Waals surface area contributed by atoms with E-state index >= 15 is 0 Å². The standard InChI is InChI=1S/C18H19NO2/c20-16(6-5-14-7-10-19-11-8-14)13-18-17-4-2-1-3-15(17)9-12-21-18/h1-4,7-8,10-11,18H,5-6,9,12-13H2. The highest BCUT2D eigenvalue weighted by Gasteiger charge is 2.22. The molecule has 0 bridgehead atoms. The minimum atomic E-state index is -0.0695. The Kier molecular flexibility index (Phi) is 4.41. The molecule has 0 saturated heterocycles. The molecule has 0 saturated carbocycles. The molecule has 0 fully saturated rings. The van der Waals surface area contributed by atoms with Crippen LogP contribution in [0.25, 0.3) is 0 Å². The number of benzene rings is 1. The van der Waals surface area contributed by atoms with Crippen LogP contribution in [0.5, 0.6) is 0 Å². The molecule has 3 rings (SSSR count). The lowest BCUT2D eigenvalue weighted by Gasteiger charge is -2.25. The summed E-state index contributed by atoms with van der Waals surface area (Å²) in [5.74, 6) is 0.258. The minimum absolute atomic E-state index is 0.0695. The number of hydrogen-bond acceptors (Lipinski definition) is 3. The minimum Gasteiger partial charge on any atom is -0.373 e. The van der Waals surface area contributed by atoms with Crippen molar-refractivity contribution in [2.75, 3.05) is 6.61 Å².